The number of hydrogen-bond donors (Lipinski definition) is 2. The van der Waals surface area contributed by atoms with Gasteiger partial charge in [-0.3, -0.25) is 0 Å². The number of rotatable bonds is 6. The van der Waals surface area contributed by atoms with Gasteiger partial charge in [-0.05, 0) is 23.3 Å². The molecule has 1 atom stereocenters. The van der Waals surface area contributed by atoms with Crippen LogP contribution < -0.4 is 14.2 Å². The first-order chi connectivity index (χ1) is 11.0. The van der Waals surface area contributed by atoms with Crippen molar-refractivity contribution >= 4 is 5.97 Å². The second kappa shape index (κ2) is 7.02. The van der Waals surface area contributed by atoms with Crippen LogP contribution in [0.2, 0.25) is 0 Å². The van der Waals surface area contributed by atoms with Crippen molar-refractivity contribution < 1.29 is 29.2 Å². The highest BCUT2D eigenvalue weighted by atomic mass is 16.5. The summed E-state index contributed by atoms with van der Waals surface area (Å²) in [5.74, 6) is 0.244. The number of hydrogen-bond acceptors (Lipinski definition) is 5. The van der Waals surface area contributed by atoms with Crippen LogP contribution in [0.1, 0.15) is 11.7 Å². The SMILES string of the molecule is COc1ccc(-c2ccc(C(O)C(=O)O)cc2)c(OC)c1OC. The topological polar surface area (TPSA) is 85.2 Å². The first kappa shape index (κ1) is 16.6. The Morgan fingerprint density at radius 3 is 2.00 bits per heavy atom. The lowest BCUT2D eigenvalue weighted by Gasteiger charge is -2.16. The zero-order chi connectivity index (χ0) is 17.0. The summed E-state index contributed by atoms with van der Waals surface area (Å²) in [7, 11) is 4.60. The highest BCUT2D eigenvalue weighted by Gasteiger charge is 2.19. The smallest absolute Gasteiger partial charge is 0.337 e. The molecule has 6 heteroatoms. The van der Waals surface area contributed by atoms with E-state index in [2.05, 4.69) is 0 Å². The molecule has 2 rings (SSSR count). The fraction of sp³-hybridized carbons (Fsp3) is 0.235. The van der Waals surface area contributed by atoms with Crippen LogP contribution in [-0.2, 0) is 4.79 Å². The minimum absolute atomic E-state index is 0.306. The molecule has 2 N–H and O–H groups in total. The molecule has 0 saturated heterocycles. The molecule has 2 aromatic rings. The molecule has 0 spiro atoms. The molecule has 0 heterocycles. The number of benzene rings is 2. The third kappa shape index (κ3) is 3.22. The summed E-state index contributed by atoms with van der Waals surface area (Å²) in [5, 5.41) is 18.4. The quantitative estimate of drug-likeness (QED) is 0.851. The van der Waals surface area contributed by atoms with Crippen LogP contribution in [0.25, 0.3) is 11.1 Å². The van der Waals surface area contributed by atoms with E-state index in [4.69, 9.17) is 19.3 Å². The van der Waals surface area contributed by atoms with Gasteiger partial charge in [-0.2, -0.15) is 0 Å². The Bertz CT molecular complexity index is 693. The van der Waals surface area contributed by atoms with Crippen molar-refractivity contribution in [3.63, 3.8) is 0 Å². The van der Waals surface area contributed by atoms with Gasteiger partial charge in [-0.1, -0.05) is 24.3 Å². The Morgan fingerprint density at radius 2 is 1.52 bits per heavy atom. The van der Waals surface area contributed by atoms with E-state index in [-0.39, 0.29) is 0 Å². The lowest BCUT2D eigenvalue weighted by Crippen LogP contribution is -2.10. The first-order valence-corrected chi connectivity index (χ1v) is 6.83. The largest absolute Gasteiger partial charge is 0.493 e. The minimum Gasteiger partial charge on any atom is -0.493 e. The van der Waals surface area contributed by atoms with E-state index in [1.54, 1.807) is 37.4 Å². The van der Waals surface area contributed by atoms with E-state index in [0.717, 1.165) is 11.1 Å². The second-order valence-electron chi connectivity index (χ2n) is 4.74. The summed E-state index contributed by atoms with van der Waals surface area (Å²) in [6, 6.07) is 10.1. The molecule has 0 aliphatic heterocycles. The Morgan fingerprint density at radius 1 is 0.913 bits per heavy atom. The molecular weight excluding hydrogens is 300 g/mol. The molecule has 0 saturated carbocycles. The Kier molecular flexibility index (Phi) is 5.08. The number of ether oxygens (including phenoxy) is 3. The van der Waals surface area contributed by atoms with Crippen LogP contribution >= 0.6 is 0 Å². The number of carboxylic acids is 1. The van der Waals surface area contributed by atoms with Crippen LogP contribution in [0.4, 0.5) is 0 Å². The van der Waals surface area contributed by atoms with Crippen LogP contribution in [0, 0.1) is 0 Å². The summed E-state index contributed by atoms with van der Waals surface area (Å²) in [5.41, 5.74) is 1.87. The maximum Gasteiger partial charge on any atom is 0.337 e. The highest BCUT2D eigenvalue weighted by Crippen LogP contribution is 2.44. The number of carbonyl (C=O) groups is 1. The van der Waals surface area contributed by atoms with E-state index in [0.29, 0.717) is 22.8 Å². The number of carboxylic acid groups (broad SMARTS) is 1. The van der Waals surface area contributed by atoms with E-state index < -0.39 is 12.1 Å². The average molecular weight is 318 g/mol. The molecule has 0 aliphatic rings. The molecule has 6 nitrogen and oxygen atoms in total. The van der Waals surface area contributed by atoms with Crippen molar-refractivity contribution in [2.75, 3.05) is 21.3 Å². The summed E-state index contributed by atoms with van der Waals surface area (Å²) in [6.07, 6.45) is -1.55. The van der Waals surface area contributed by atoms with Crippen LogP contribution in [0.3, 0.4) is 0 Å². The van der Waals surface area contributed by atoms with Gasteiger partial charge in [0.1, 0.15) is 0 Å². The van der Waals surface area contributed by atoms with Crippen LogP contribution in [0.15, 0.2) is 36.4 Å². The van der Waals surface area contributed by atoms with E-state index in [1.807, 2.05) is 6.07 Å². The molecule has 0 aromatic heterocycles. The van der Waals surface area contributed by atoms with Gasteiger partial charge in [0.2, 0.25) is 5.75 Å². The van der Waals surface area contributed by atoms with Gasteiger partial charge in [-0.25, -0.2) is 4.79 Å². The average Bonchev–Trinajstić information content (AvgIpc) is 2.59. The predicted octanol–water partition coefficient (Wildman–Crippen LogP) is 2.50. The number of aliphatic hydroxyl groups excluding tert-OH is 1. The van der Waals surface area contributed by atoms with Gasteiger partial charge in [0.05, 0.1) is 21.3 Å². The van der Waals surface area contributed by atoms with E-state index in [9.17, 15) is 9.90 Å². The number of aliphatic carboxylic acids is 1. The summed E-state index contributed by atoms with van der Waals surface area (Å²) < 4.78 is 16.0. The van der Waals surface area contributed by atoms with Gasteiger partial charge < -0.3 is 24.4 Å². The Labute approximate surface area is 133 Å². The molecule has 2 aromatic carbocycles. The third-order valence-electron chi connectivity index (χ3n) is 3.48. The van der Waals surface area contributed by atoms with Crippen molar-refractivity contribution in [3.8, 4) is 28.4 Å². The summed E-state index contributed by atoms with van der Waals surface area (Å²) in [4.78, 5) is 10.8. The van der Waals surface area contributed by atoms with Crippen molar-refractivity contribution in [1.29, 1.82) is 0 Å². The molecule has 0 bridgehead atoms. The molecule has 0 fully saturated rings. The molecule has 0 aliphatic carbocycles. The lowest BCUT2D eigenvalue weighted by atomic mass is 10.0. The van der Waals surface area contributed by atoms with Gasteiger partial charge in [0.15, 0.2) is 17.6 Å². The Balaban J connectivity index is 2.48. The lowest BCUT2D eigenvalue weighted by molar-refractivity contribution is -0.146. The molecule has 0 radical (unpaired) electrons. The Hall–Kier alpha value is -2.73. The zero-order valence-corrected chi connectivity index (χ0v) is 13.1. The molecule has 1 unspecified atom stereocenters. The van der Waals surface area contributed by atoms with Crippen LogP contribution in [0.5, 0.6) is 17.2 Å². The molecular formula is C17H18O6. The van der Waals surface area contributed by atoms with Crippen LogP contribution in [-0.4, -0.2) is 37.5 Å². The molecule has 23 heavy (non-hydrogen) atoms. The highest BCUT2D eigenvalue weighted by molar-refractivity contribution is 5.78. The van der Waals surface area contributed by atoms with Gasteiger partial charge in [-0.15, -0.1) is 0 Å². The minimum atomic E-state index is -1.55. The fourth-order valence-electron chi connectivity index (χ4n) is 2.32. The summed E-state index contributed by atoms with van der Waals surface area (Å²) >= 11 is 0. The van der Waals surface area contributed by atoms with E-state index >= 15 is 0 Å². The monoisotopic (exact) mass is 318 g/mol. The van der Waals surface area contributed by atoms with E-state index in [1.165, 1.54) is 14.2 Å². The van der Waals surface area contributed by atoms with Crippen molar-refractivity contribution in [1.82, 2.24) is 0 Å². The number of aliphatic hydroxyl groups is 1. The standard InChI is InChI=1S/C17H18O6/c1-21-13-9-8-12(15(22-2)16(13)23-3)10-4-6-11(7-5-10)14(18)17(19)20/h4-9,14,18H,1-3H3,(H,19,20). The zero-order valence-electron chi connectivity index (χ0n) is 13.1. The first-order valence-electron chi connectivity index (χ1n) is 6.83. The summed E-state index contributed by atoms with van der Waals surface area (Å²) in [6.45, 7) is 0. The maximum atomic E-state index is 10.8. The third-order valence-corrected chi connectivity index (χ3v) is 3.48. The van der Waals surface area contributed by atoms with Crippen molar-refractivity contribution in [2.45, 2.75) is 6.10 Å². The van der Waals surface area contributed by atoms with Gasteiger partial charge in [0, 0.05) is 5.56 Å². The van der Waals surface area contributed by atoms with Crippen molar-refractivity contribution in [2.24, 2.45) is 0 Å². The van der Waals surface area contributed by atoms with Gasteiger partial charge >= 0.3 is 5.97 Å². The molecule has 0 amide bonds. The predicted molar refractivity (Wildman–Crippen MR) is 84.1 cm³/mol. The normalized spacial score (nSPS) is 11.7. The fourth-order valence-corrected chi connectivity index (χ4v) is 2.32. The van der Waals surface area contributed by atoms with Crippen molar-refractivity contribution in [3.05, 3.63) is 42.0 Å². The van der Waals surface area contributed by atoms with Gasteiger partial charge in [0.25, 0.3) is 0 Å². The molecule has 122 valence electrons. The second-order valence-corrected chi connectivity index (χ2v) is 4.74. The number of methoxy groups -OCH3 is 3. The maximum absolute atomic E-state index is 10.8.